The van der Waals surface area contributed by atoms with Gasteiger partial charge in [-0.25, -0.2) is 4.39 Å². The lowest BCUT2D eigenvalue weighted by Gasteiger charge is -2.28. The summed E-state index contributed by atoms with van der Waals surface area (Å²) >= 11 is 4.59. The third-order valence-electron chi connectivity index (χ3n) is 4.50. The Morgan fingerprint density at radius 2 is 1.89 bits per heavy atom. The van der Waals surface area contributed by atoms with Crippen LogP contribution in [0.25, 0.3) is 11.1 Å². The van der Waals surface area contributed by atoms with Crippen molar-refractivity contribution < 1.29 is 18.7 Å². The van der Waals surface area contributed by atoms with Crippen molar-refractivity contribution in [2.45, 2.75) is 5.67 Å². The number of benzene rings is 2. The fourth-order valence-electron chi connectivity index (χ4n) is 3.11. The molecule has 0 spiro atoms. The highest BCUT2D eigenvalue weighted by Gasteiger charge is 2.53. The minimum atomic E-state index is -2.76. The highest BCUT2D eigenvalue weighted by atomic mass is 79.9. The summed E-state index contributed by atoms with van der Waals surface area (Å²) in [6, 6.07) is 13.1. The first-order valence-electron chi connectivity index (χ1n) is 8.03. The molecule has 1 atom stereocenters. The predicted molar refractivity (Wildman–Crippen MR) is 106 cm³/mol. The standard InChI is InChI=1S/C20H13BrFNO3S/c1-26-15-9-11(7-8-14(15)21)13-10-27-18-16(13)17(24)20(22,19(25)23-18)12-5-3-2-4-6-12/h2-10H,1H3,(H,23,25). The zero-order valence-electron chi connectivity index (χ0n) is 14.1. The molecule has 1 aromatic heterocycles. The third-order valence-corrected chi connectivity index (χ3v) is 6.06. The number of Topliss-reactive ketones (excluding diaryl/α,β-unsaturated/α-hetero) is 1. The summed E-state index contributed by atoms with van der Waals surface area (Å²) in [5.74, 6) is -1.23. The van der Waals surface area contributed by atoms with E-state index >= 15 is 4.39 Å². The van der Waals surface area contributed by atoms with E-state index in [0.717, 1.165) is 4.47 Å². The number of ether oxygens (including phenoxy) is 1. The summed E-state index contributed by atoms with van der Waals surface area (Å²) in [4.78, 5) is 25.6. The molecule has 1 N–H and O–H groups in total. The van der Waals surface area contributed by atoms with Crippen molar-refractivity contribution in [2.75, 3.05) is 12.4 Å². The Morgan fingerprint density at radius 1 is 1.15 bits per heavy atom. The number of carbonyl (C=O) groups is 2. The fourth-order valence-corrected chi connectivity index (χ4v) is 4.48. The van der Waals surface area contributed by atoms with Crippen LogP contribution >= 0.6 is 27.3 Å². The van der Waals surface area contributed by atoms with Crippen LogP contribution in [0.15, 0.2) is 58.4 Å². The molecule has 4 nitrogen and oxygen atoms in total. The quantitative estimate of drug-likeness (QED) is 0.564. The van der Waals surface area contributed by atoms with Crippen LogP contribution in [0.5, 0.6) is 5.75 Å². The Morgan fingerprint density at radius 3 is 2.59 bits per heavy atom. The average Bonchev–Trinajstić information content (AvgIpc) is 3.11. The molecule has 0 fully saturated rings. The largest absolute Gasteiger partial charge is 0.496 e. The van der Waals surface area contributed by atoms with Crippen molar-refractivity contribution in [2.24, 2.45) is 0 Å². The van der Waals surface area contributed by atoms with Crippen LogP contribution in [0.1, 0.15) is 15.9 Å². The maximum atomic E-state index is 15.8. The highest BCUT2D eigenvalue weighted by molar-refractivity contribution is 9.10. The van der Waals surface area contributed by atoms with E-state index < -0.39 is 17.4 Å². The van der Waals surface area contributed by atoms with E-state index in [4.69, 9.17) is 4.74 Å². The first kappa shape index (κ1) is 17.9. The number of halogens is 2. The maximum absolute atomic E-state index is 15.8. The van der Waals surface area contributed by atoms with E-state index in [1.807, 2.05) is 0 Å². The zero-order chi connectivity index (χ0) is 19.2. The van der Waals surface area contributed by atoms with Gasteiger partial charge in [-0.15, -0.1) is 11.3 Å². The van der Waals surface area contributed by atoms with Gasteiger partial charge in [-0.2, -0.15) is 0 Å². The molecular formula is C20H13BrFNO3S. The van der Waals surface area contributed by atoms with Crippen LogP contribution in [0.3, 0.4) is 0 Å². The van der Waals surface area contributed by atoms with Gasteiger partial charge in [0, 0.05) is 16.5 Å². The van der Waals surface area contributed by atoms with Gasteiger partial charge in [0.05, 0.1) is 17.1 Å². The minimum absolute atomic E-state index is 0.0173. The van der Waals surface area contributed by atoms with E-state index in [-0.39, 0.29) is 11.1 Å². The Balaban J connectivity index is 1.88. The molecule has 2 aromatic carbocycles. The molecule has 7 heteroatoms. The van der Waals surface area contributed by atoms with Crippen LogP contribution in [0.2, 0.25) is 0 Å². The number of methoxy groups -OCH3 is 1. The van der Waals surface area contributed by atoms with Crippen LogP contribution in [0.4, 0.5) is 9.39 Å². The molecule has 1 aliphatic rings. The van der Waals surface area contributed by atoms with Gasteiger partial charge >= 0.3 is 0 Å². The minimum Gasteiger partial charge on any atom is -0.496 e. The van der Waals surface area contributed by atoms with Gasteiger partial charge in [0.2, 0.25) is 5.78 Å². The topological polar surface area (TPSA) is 55.4 Å². The Kier molecular flexibility index (Phi) is 4.36. The number of nitrogens with one attached hydrogen (secondary N) is 1. The van der Waals surface area contributed by atoms with Gasteiger partial charge in [-0.05, 0) is 33.6 Å². The number of anilines is 1. The summed E-state index contributed by atoms with van der Waals surface area (Å²) in [6.45, 7) is 0. The van der Waals surface area contributed by atoms with Crippen molar-refractivity contribution in [3.8, 4) is 16.9 Å². The van der Waals surface area contributed by atoms with Crippen LogP contribution in [-0.4, -0.2) is 18.8 Å². The fraction of sp³-hybridized carbons (Fsp3) is 0.100. The molecule has 0 saturated carbocycles. The number of thiophene rings is 1. The predicted octanol–water partition coefficient (Wildman–Crippen LogP) is 5.19. The van der Waals surface area contributed by atoms with Crippen LogP contribution in [0, 0.1) is 0 Å². The van der Waals surface area contributed by atoms with Gasteiger partial charge in [-0.3, -0.25) is 9.59 Å². The number of amides is 1. The van der Waals surface area contributed by atoms with Crippen molar-refractivity contribution in [1.29, 1.82) is 0 Å². The Hall–Kier alpha value is -2.51. The molecule has 1 unspecified atom stereocenters. The molecule has 1 amide bonds. The van der Waals surface area contributed by atoms with Crippen molar-refractivity contribution in [1.82, 2.24) is 0 Å². The smallest absolute Gasteiger partial charge is 0.275 e. The molecule has 0 bridgehead atoms. The highest BCUT2D eigenvalue weighted by Crippen LogP contribution is 2.46. The van der Waals surface area contributed by atoms with Gasteiger partial charge in [0.25, 0.3) is 11.6 Å². The molecule has 0 radical (unpaired) electrons. The molecule has 1 aliphatic heterocycles. The summed E-state index contributed by atoms with van der Waals surface area (Å²) in [5, 5.41) is 4.64. The van der Waals surface area contributed by atoms with Crippen LogP contribution in [-0.2, 0) is 10.5 Å². The number of alkyl halides is 1. The first-order valence-corrected chi connectivity index (χ1v) is 9.70. The molecular weight excluding hydrogens is 433 g/mol. The normalized spacial score (nSPS) is 18.8. The summed E-state index contributed by atoms with van der Waals surface area (Å²) < 4.78 is 21.8. The Labute approximate surface area is 167 Å². The second kappa shape index (κ2) is 6.58. The molecule has 4 rings (SSSR count). The maximum Gasteiger partial charge on any atom is 0.275 e. The van der Waals surface area contributed by atoms with Gasteiger partial charge in [0.1, 0.15) is 10.8 Å². The summed E-state index contributed by atoms with van der Waals surface area (Å²) in [6.07, 6.45) is 0. The molecule has 27 heavy (non-hydrogen) atoms. The zero-order valence-corrected chi connectivity index (χ0v) is 16.5. The summed E-state index contributed by atoms with van der Waals surface area (Å²) in [7, 11) is 1.54. The van der Waals surface area contributed by atoms with E-state index in [1.54, 1.807) is 48.9 Å². The van der Waals surface area contributed by atoms with Gasteiger partial charge in [0.15, 0.2) is 0 Å². The molecule has 0 aliphatic carbocycles. The van der Waals surface area contributed by atoms with E-state index in [2.05, 4.69) is 21.2 Å². The molecule has 0 saturated heterocycles. The number of ketones is 1. The number of hydrogen-bond donors (Lipinski definition) is 1. The monoisotopic (exact) mass is 445 g/mol. The lowest BCUT2D eigenvalue weighted by Crippen LogP contribution is -2.47. The molecule has 136 valence electrons. The van der Waals surface area contributed by atoms with E-state index in [9.17, 15) is 9.59 Å². The number of rotatable bonds is 3. The van der Waals surface area contributed by atoms with Crippen LogP contribution < -0.4 is 10.1 Å². The summed E-state index contributed by atoms with van der Waals surface area (Å²) in [5.41, 5.74) is -1.31. The second-order valence-electron chi connectivity index (χ2n) is 6.01. The third kappa shape index (κ3) is 2.69. The van der Waals surface area contributed by atoms with E-state index in [0.29, 0.717) is 21.9 Å². The average molecular weight is 446 g/mol. The van der Waals surface area contributed by atoms with Crippen molar-refractivity contribution >= 4 is 44.0 Å². The molecule has 3 aromatic rings. The lowest BCUT2D eigenvalue weighted by molar-refractivity contribution is -0.125. The number of hydrogen-bond acceptors (Lipinski definition) is 4. The second-order valence-corrected chi connectivity index (χ2v) is 7.74. The first-order chi connectivity index (χ1) is 13.0. The van der Waals surface area contributed by atoms with Gasteiger partial charge < -0.3 is 10.1 Å². The van der Waals surface area contributed by atoms with Gasteiger partial charge in [-0.1, -0.05) is 36.4 Å². The van der Waals surface area contributed by atoms with Crippen molar-refractivity contribution in [3.63, 3.8) is 0 Å². The number of fused-ring (bicyclic) bond motifs is 1. The Bertz CT molecular complexity index is 1070. The molecule has 2 heterocycles. The van der Waals surface area contributed by atoms with E-state index in [1.165, 1.54) is 23.5 Å². The number of carbonyl (C=O) groups excluding carboxylic acids is 2. The SMILES string of the molecule is COc1cc(-c2csc3c2C(=O)C(F)(c2ccccc2)C(=O)N3)ccc1Br. The lowest BCUT2D eigenvalue weighted by atomic mass is 9.83. The van der Waals surface area contributed by atoms with Crippen molar-refractivity contribution in [3.05, 3.63) is 69.5 Å².